The highest BCUT2D eigenvalue weighted by Gasteiger charge is 2.20. The van der Waals surface area contributed by atoms with Gasteiger partial charge in [-0.3, -0.25) is 4.79 Å². The number of nitrogen functional groups attached to an aromatic ring is 1. The Balaban J connectivity index is 1.74. The summed E-state index contributed by atoms with van der Waals surface area (Å²) in [6, 6.07) is 0. The number of likely N-dealkylation sites (tertiary alicyclic amines) is 1. The zero-order chi connectivity index (χ0) is 14.4. The van der Waals surface area contributed by atoms with E-state index >= 15 is 0 Å². The first kappa shape index (κ1) is 15.2. The lowest BCUT2D eigenvalue weighted by Gasteiger charge is -2.32. The Labute approximate surface area is 123 Å². The molecule has 1 aliphatic heterocycles. The van der Waals surface area contributed by atoms with Gasteiger partial charge in [-0.15, -0.1) is 11.3 Å². The first-order chi connectivity index (χ1) is 9.69. The Morgan fingerprint density at radius 3 is 3.25 bits per heavy atom. The number of nitrogens with zero attached hydrogens (tertiary/aromatic N) is 2. The topological polar surface area (TPSA) is 80.5 Å². The molecule has 1 amide bonds. The molecule has 2 heterocycles. The molecule has 0 saturated carbocycles. The summed E-state index contributed by atoms with van der Waals surface area (Å²) >= 11 is 1.29. The molecule has 0 unspecified atom stereocenters. The Morgan fingerprint density at radius 1 is 1.70 bits per heavy atom. The Bertz CT molecular complexity index is 438. The number of thiazole rings is 1. The number of carbonyl (C=O) groups is 1. The fourth-order valence-electron chi connectivity index (χ4n) is 2.46. The molecule has 0 spiro atoms. The van der Waals surface area contributed by atoms with Crippen molar-refractivity contribution in [3.8, 4) is 0 Å². The van der Waals surface area contributed by atoms with Gasteiger partial charge < -0.3 is 20.7 Å². The van der Waals surface area contributed by atoms with E-state index in [1.165, 1.54) is 17.8 Å². The van der Waals surface area contributed by atoms with E-state index in [-0.39, 0.29) is 5.91 Å². The van der Waals surface area contributed by atoms with Crippen LogP contribution in [0, 0.1) is 5.92 Å². The third kappa shape index (κ3) is 4.43. The van der Waals surface area contributed by atoms with Crippen LogP contribution in [0.2, 0.25) is 0 Å². The van der Waals surface area contributed by atoms with E-state index in [4.69, 9.17) is 10.5 Å². The maximum atomic E-state index is 11.9. The molecule has 3 N–H and O–H groups in total. The summed E-state index contributed by atoms with van der Waals surface area (Å²) in [5, 5.41) is 5.07. The zero-order valence-corrected chi connectivity index (χ0v) is 12.6. The second-order valence-corrected chi connectivity index (χ2v) is 5.97. The minimum absolute atomic E-state index is 0.132. The molecule has 0 aromatic carbocycles. The Kier molecular flexibility index (Phi) is 5.75. The predicted octanol–water partition coefficient (Wildman–Crippen LogP) is 0.814. The number of ether oxygens (including phenoxy) is 1. The van der Waals surface area contributed by atoms with Gasteiger partial charge in [0.25, 0.3) is 5.91 Å². The van der Waals surface area contributed by atoms with Crippen molar-refractivity contribution in [1.29, 1.82) is 0 Å². The molecule has 1 atom stereocenters. The molecule has 1 aliphatic rings. The maximum absolute atomic E-state index is 11.9. The van der Waals surface area contributed by atoms with Gasteiger partial charge in [0.2, 0.25) is 0 Å². The lowest BCUT2D eigenvalue weighted by molar-refractivity contribution is 0.0909. The van der Waals surface area contributed by atoms with Crippen LogP contribution in [0.1, 0.15) is 23.3 Å². The molecule has 6 nitrogen and oxygen atoms in total. The van der Waals surface area contributed by atoms with Gasteiger partial charge in [0.05, 0.1) is 6.61 Å². The number of methoxy groups -OCH3 is 1. The lowest BCUT2D eigenvalue weighted by Crippen LogP contribution is -2.42. The summed E-state index contributed by atoms with van der Waals surface area (Å²) in [5.41, 5.74) is 5.95. The van der Waals surface area contributed by atoms with Crippen LogP contribution in [0.3, 0.4) is 0 Å². The van der Waals surface area contributed by atoms with Crippen LogP contribution in [-0.4, -0.2) is 55.7 Å². The van der Waals surface area contributed by atoms with Crippen LogP contribution in [0.25, 0.3) is 0 Å². The highest BCUT2D eigenvalue weighted by molar-refractivity contribution is 7.13. The Hall–Kier alpha value is -1.18. The minimum Gasteiger partial charge on any atom is -0.383 e. The average molecular weight is 298 g/mol. The second kappa shape index (κ2) is 7.56. The van der Waals surface area contributed by atoms with Gasteiger partial charge in [0, 0.05) is 32.1 Å². The van der Waals surface area contributed by atoms with Crippen LogP contribution >= 0.6 is 11.3 Å². The third-order valence-electron chi connectivity index (χ3n) is 3.52. The summed E-state index contributed by atoms with van der Waals surface area (Å²) in [6.45, 7) is 4.56. The molecule has 0 bridgehead atoms. The molecule has 1 aromatic heterocycles. The molecular formula is C13H22N4O2S. The quantitative estimate of drug-likeness (QED) is 0.812. The highest BCUT2D eigenvalue weighted by atomic mass is 32.1. The maximum Gasteiger partial charge on any atom is 0.270 e. The second-order valence-electron chi connectivity index (χ2n) is 5.08. The van der Waals surface area contributed by atoms with Crippen molar-refractivity contribution in [2.24, 2.45) is 5.92 Å². The zero-order valence-electron chi connectivity index (χ0n) is 11.8. The smallest absolute Gasteiger partial charge is 0.270 e. The van der Waals surface area contributed by atoms with Gasteiger partial charge in [-0.1, -0.05) is 0 Å². The summed E-state index contributed by atoms with van der Waals surface area (Å²) in [5.74, 6) is 0.368. The fourth-order valence-corrected chi connectivity index (χ4v) is 3.00. The fraction of sp³-hybridized carbons (Fsp3) is 0.692. The normalized spacial score (nSPS) is 19.9. The van der Waals surface area contributed by atoms with Crippen molar-refractivity contribution in [1.82, 2.24) is 15.2 Å². The first-order valence-corrected chi connectivity index (χ1v) is 7.77. The summed E-state index contributed by atoms with van der Waals surface area (Å²) in [6.07, 6.45) is 2.33. The molecular weight excluding hydrogens is 276 g/mol. The molecule has 2 rings (SSSR count). The highest BCUT2D eigenvalue weighted by Crippen LogP contribution is 2.16. The van der Waals surface area contributed by atoms with E-state index in [2.05, 4.69) is 15.2 Å². The van der Waals surface area contributed by atoms with E-state index < -0.39 is 0 Å². The van der Waals surface area contributed by atoms with E-state index in [0.717, 1.165) is 32.7 Å². The van der Waals surface area contributed by atoms with Gasteiger partial charge in [-0.05, 0) is 25.3 Å². The van der Waals surface area contributed by atoms with Crippen LogP contribution in [0.4, 0.5) is 5.13 Å². The summed E-state index contributed by atoms with van der Waals surface area (Å²) in [4.78, 5) is 18.3. The van der Waals surface area contributed by atoms with Crippen LogP contribution < -0.4 is 11.1 Å². The predicted molar refractivity (Wildman–Crippen MR) is 79.9 cm³/mol. The molecule has 0 aliphatic carbocycles. The lowest BCUT2D eigenvalue weighted by atomic mass is 9.98. The number of nitrogens with one attached hydrogen (secondary N) is 1. The standard InChI is InChI=1S/C13H22N4O2S/c1-19-6-5-17-4-2-3-10(8-17)7-15-12(18)11-9-20-13(14)16-11/h9-10H,2-8H2,1H3,(H2,14,16)(H,15,18)/t10-/m0/s1. The number of rotatable bonds is 6. The summed E-state index contributed by atoms with van der Waals surface area (Å²) < 4.78 is 5.11. The van der Waals surface area contributed by atoms with Gasteiger partial charge in [0.1, 0.15) is 5.69 Å². The minimum atomic E-state index is -0.132. The van der Waals surface area contributed by atoms with Crippen molar-refractivity contribution >= 4 is 22.4 Å². The molecule has 1 fully saturated rings. The van der Waals surface area contributed by atoms with Gasteiger partial charge >= 0.3 is 0 Å². The van der Waals surface area contributed by atoms with E-state index in [9.17, 15) is 4.79 Å². The van der Waals surface area contributed by atoms with E-state index in [1.807, 2.05) is 0 Å². The van der Waals surface area contributed by atoms with Crippen molar-refractivity contribution in [3.63, 3.8) is 0 Å². The van der Waals surface area contributed by atoms with Crippen molar-refractivity contribution in [3.05, 3.63) is 11.1 Å². The Morgan fingerprint density at radius 2 is 2.55 bits per heavy atom. The largest absolute Gasteiger partial charge is 0.383 e. The monoisotopic (exact) mass is 298 g/mol. The van der Waals surface area contributed by atoms with Crippen LogP contribution in [0.15, 0.2) is 5.38 Å². The van der Waals surface area contributed by atoms with E-state index in [1.54, 1.807) is 12.5 Å². The number of carbonyl (C=O) groups excluding carboxylic acids is 1. The number of nitrogens with two attached hydrogens (primary N) is 1. The third-order valence-corrected chi connectivity index (χ3v) is 4.19. The van der Waals surface area contributed by atoms with Crippen molar-refractivity contribution in [2.75, 3.05) is 45.6 Å². The molecule has 20 heavy (non-hydrogen) atoms. The molecule has 1 aromatic rings. The van der Waals surface area contributed by atoms with Crippen LogP contribution in [0.5, 0.6) is 0 Å². The first-order valence-electron chi connectivity index (χ1n) is 6.89. The van der Waals surface area contributed by atoms with Crippen molar-refractivity contribution in [2.45, 2.75) is 12.8 Å². The molecule has 1 saturated heterocycles. The number of anilines is 1. The van der Waals surface area contributed by atoms with E-state index in [0.29, 0.717) is 23.3 Å². The number of piperidine rings is 1. The van der Waals surface area contributed by atoms with Gasteiger partial charge in [0.15, 0.2) is 5.13 Å². The van der Waals surface area contributed by atoms with Gasteiger partial charge in [-0.2, -0.15) is 0 Å². The number of hydrogen-bond donors (Lipinski definition) is 2. The van der Waals surface area contributed by atoms with Gasteiger partial charge in [-0.25, -0.2) is 4.98 Å². The summed E-state index contributed by atoms with van der Waals surface area (Å²) in [7, 11) is 1.72. The molecule has 7 heteroatoms. The average Bonchev–Trinajstić information content (AvgIpc) is 2.90. The van der Waals surface area contributed by atoms with Crippen molar-refractivity contribution < 1.29 is 9.53 Å². The molecule has 112 valence electrons. The number of aromatic nitrogens is 1. The number of amides is 1. The molecule has 0 radical (unpaired) electrons. The number of hydrogen-bond acceptors (Lipinski definition) is 6. The SMILES string of the molecule is COCCN1CCC[C@@H](CNC(=O)c2csc(N)n2)C1. The van der Waals surface area contributed by atoms with Crippen LogP contribution in [-0.2, 0) is 4.74 Å².